The van der Waals surface area contributed by atoms with Gasteiger partial charge < -0.3 is 11.1 Å². The quantitative estimate of drug-likeness (QED) is 0.818. The van der Waals surface area contributed by atoms with Crippen LogP contribution in [0.3, 0.4) is 0 Å². The third-order valence-corrected chi connectivity index (χ3v) is 3.40. The minimum absolute atomic E-state index is 0.337. The van der Waals surface area contributed by atoms with Crippen molar-refractivity contribution in [2.75, 3.05) is 11.1 Å². The average Bonchev–Trinajstić information content (AvgIpc) is 2.37. The molecule has 0 aliphatic carbocycles. The summed E-state index contributed by atoms with van der Waals surface area (Å²) in [5.41, 5.74) is 7.96. The lowest BCUT2D eigenvalue weighted by Crippen LogP contribution is -2.15. The van der Waals surface area contributed by atoms with Crippen LogP contribution >= 0.6 is 23.2 Å². The molecular weight excluding hydrogens is 283 g/mol. The lowest BCUT2D eigenvalue weighted by Gasteiger charge is -2.11. The molecule has 0 unspecified atom stereocenters. The maximum Gasteiger partial charge on any atom is 0.257 e. The van der Waals surface area contributed by atoms with Gasteiger partial charge in [-0.05, 0) is 30.7 Å². The van der Waals surface area contributed by atoms with E-state index >= 15 is 0 Å². The highest BCUT2D eigenvalue weighted by Crippen LogP contribution is 2.30. The molecule has 1 amide bonds. The predicted octanol–water partition coefficient (Wildman–Crippen LogP) is 4.14. The number of carbonyl (C=O) groups excluding carboxylic acids is 1. The molecule has 98 valence electrons. The fourth-order valence-electron chi connectivity index (χ4n) is 1.68. The van der Waals surface area contributed by atoms with Gasteiger partial charge in [-0.25, -0.2) is 0 Å². The number of aryl methyl sites for hydroxylation is 1. The number of nitrogens with one attached hydrogen (secondary N) is 1. The minimum Gasteiger partial charge on any atom is -0.398 e. The summed E-state index contributed by atoms with van der Waals surface area (Å²) in [6.07, 6.45) is 0. The Bertz CT molecular complexity index is 621. The summed E-state index contributed by atoms with van der Waals surface area (Å²) in [6, 6.07) is 10.3. The molecule has 3 N–H and O–H groups in total. The smallest absolute Gasteiger partial charge is 0.257 e. The summed E-state index contributed by atoms with van der Waals surface area (Å²) in [4.78, 5) is 12.2. The summed E-state index contributed by atoms with van der Waals surface area (Å²) < 4.78 is 0. The standard InChI is InChI=1S/C14H12Cl2N2O/c1-8-4-2-5-9(12(8)17)14(19)18-13-10(15)6-3-7-11(13)16/h2-7H,17H2,1H3,(H,18,19). The molecule has 0 heterocycles. The van der Waals surface area contributed by atoms with Gasteiger partial charge >= 0.3 is 0 Å². The normalized spacial score (nSPS) is 10.3. The summed E-state index contributed by atoms with van der Waals surface area (Å²) >= 11 is 12.0. The van der Waals surface area contributed by atoms with Gasteiger partial charge in [0.1, 0.15) is 0 Å². The molecule has 0 bridgehead atoms. The average molecular weight is 295 g/mol. The first-order chi connectivity index (χ1) is 9.00. The van der Waals surface area contributed by atoms with Gasteiger partial charge in [-0.15, -0.1) is 0 Å². The molecule has 3 nitrogen and oxygen atoms in total. The molecule has 2 rings (SSSR count). The largest absolute Gasteiger partial charge is 0.398 e. The number of nitrogens with two attached hydrogens (primary N) is 1. The van der Waals surface area contributed by atoms with Crippen LogP contribution in [0, 0.1) is 6.92 Å². The number of rotatable bonds is 2. The second-order valence-electron chi connectivity index (χ2n) is 4.09. The monoisotopic (exact) mass is 294 g/mol. The second-order valence-corrected chi connectivity index (χ2v) is 4.90. The van der Waals surface area contributed by atoms with Gasteiger partial charge in [0.2, 0.25) is 0 Å². The predicted molar refractivity (Wildman–Crippen MR) is 80.0 cm³/mol. The van der Waals surface area contributed by atoms with Crippen LogP contribution in [0.5, 0.6) is 0 Å². The first-order valence-electron chi connectivity index (χ1n) is 5.61. The van der Waals surface area contributed by atoms with Crippen molar-refractivity contribution in [2.45, 2.75) is 6.92 Å². The van der Waals surface area contributed by atoms with Gasteiger partial charge in [0.05, 0.1) is 21.3 Å². The minimum atomic E-state index is -0.337. The Morgan fingerprint density at radius 2 is 1.68 bits per heavy atom. The molecule has 0 saturated carbocycles. The fourth-order valence-corrected chi connectivity index (χ4v) is 2.17. The van der Waals surface area contributed by atoms with Gasteiger partial charge in [0, 0.05) is 5.69 Å². The van der Waals surface area contributed by atoms with Gasteiger partial charge in [-0.2, -0.15) is 0 Å². The van der Waals surface area contributed by atoms with E-state index < -0.39 is 0 Å². The first-order valence-corrected chi connectivity index (χ1v) is 6.36. The molecule has 0 aromatic heterocycles. The SMILES string of the molecule is Cc1cccc(C(=O)Nc2c(Cl)cccc2Cl)c1N. The number of hydrogen-bond donors (Lipinski definition) is 2. The van der Waals surface area contributed by atoms with Crippen molar-refractivity contribution in [3.05, 3.63) is 57.6 Å². The summed E-state index contributed by atoms with van der Waals surface area (Å²) in [5.74, 6) is -0.337. The zero-order chi connectivity index (χ0) is 14.0. The van der Waals surface area contributed by atoms with E-state index in [-0.39, 0.29) is 5.91 Å². The molecule has 5 heteroatoms. The third-order valence-electron chi connectivity index (χ3n) is 2.77. The molecule has 0 saturated heterocycles. The number of para-hydroxylation sites is 2. The lowest BCUT2D eigenvalue weighted by atomic mass is 10.1. The van der Waals surface area contributed by atoms with E-state index in [1.165, 1.54) is 0 Å². The van der Waals surface area contributed by atoms with Gasteiger partial charge in [-0.1, -0.05) is 41.4 Å². The van der Waals surface area contributed by atoms with Crippen molar-refractivity contribution in [3.63, 3.8) is 0 Å². The Labute approximate surface area is 121 Å². The Hall–Kier alpha value is -1.71. The van der Waals surface area contributed by atoms with Gasteiger partial charge in [0.15, 0.2) is 0 Å². The Balaban J connectivity index is 2.34. The molecule has 0 radical (unpaired) electrons. The van der Waals surface area contributed by atoms with E-state index in [0.29, 0.717) is 27.0 Å². The number of hydrogen-bond acceptors (Lipinski definition) is 2. The molecule has 0 spiro atoms. The van der Waals surface area contributed by atoms with Crippen molar-refractivity contribution < 1.29 is 4.79 Å². The number of amides is 1. The summed E-state index contributed by atoms with van der Waals surface area (Å²) in [7, 11) is 0. The molecule has 0 aliphatic rings. The van der Waals surface area contributed by atoms with Crippen LogP contribution in [-0.2, 0) is 0 Å². The zero-order valence-electron chi connectivity index (χ0n) is 10.2. The lowest BCUT2D eigenvalue weighted by molar-refractivity contribution is 0.102. The highest BCUT2D eigenvalue weighted by Gasteiger charge is 2.14. The Morgan fingerprint density at radius 1 is 1.11 bits per heavy atom. The summed E-state index contributed by atoms with van der Waals surface area (Å²) in [6.45, 7) is 1.84. The zero-order valence-corrected chi connectivity index (χ0v) is 11.7. The van der Waals surface area contributed by atoms with E-state index in [0.717, 1.165) is 5.56 Å². The van der Waals surface area contributed by atoms with E-state index in [2.05, 4.69) is 5.32 Å². The maximum atomic E-state index is 12.2. The van der Waals surface area contributed by atoms with E-state index in [4.69, 9.17) is 28.9 Å². The fraction of sp³-hybridized carbons (Fsp3) is 0.0714. The number of halogens is 2. The number of nitrogen functional groups attached to an aromatic ring is 1. The van der Waals surface area contributed by atoms with Crippen LogP contribution < -0.4 is 11.1 Å². The van der Waals surface area contributed by atoms with Gasteiger partial charge in [-0.3, -0.25) is 4.79 Å². The third kappa shape index (κ3) is 2.83. The van der Waals surface area contributed by atoms with Crippen molar-refractivity contribution in [1.29, 1.82) is 0 Å². The van der Waals surface area contributed by atoms with E-state index in [1.54, 1.807) is 30.3 Å². The molecule has 2 aromatic carbocycles. The maximum absolute atomic E-state index is 12.2. The summed E-state index contributed by atoms with van der Waals surface area (Å²) in [5, 5.41) is 3.44. The van der Waals surface area contributed by atoms with Gasteiger partial charge in [0.25, 0.3) is 5.91 Å². The number of carbonyl (C=O) groups is 1. The molecule has 19 heavy (non-hydrogen) atoms. The highest BCUT2D eigenvalue weighted by molar-refractivity contribution is 6.40. The van der Waals surface area contributed by atoms with Crippen LogP contribution in [0.2, 0.25) is 10.0 Å². The Morgan fingerprint density at radius 3 is 2.32 bits per heavy atom. The van der Waals surface area contributed by atoms with Crippen LogP contribution in [0.25, 0.3) is 0 Å². The van der Waals surface area contributed by atoms with Crippen LogP contribution in [0.4, 0.5) is 11.4 Å². The molecule has 0 fully saturated rings. The van der Waals surface area contributed by atoms with Crippen molar-refractivity contribution in [2.24, 2.45) is 0 Å². The van der Waals surface area contributed by atoms with Crippen molar-refractivity contribution >= 4 is 40.5 Å². The van der Waals surface area contributed by atoms with Crippen molar-refractivity contribution in [3.8, 4) is 0 Å². The van der Waals surface area contributed by atoms with Crippen LogP contribution in [-0.4, -0.2) is 5.91 Å². The molecule has 0 aliphatic heterocycles. The second kappa shape index (κ2) is 5.51. The number of anilines is 2. The Kier molecular flexibility index (Phi) is 3.98. The first kappa shape index (κ1) is 13.7. The van der Waals surface area contributed by atoms with E-state index in [9.17, 15) is 4.79 Å². The molecular formula is C14H12Cl2N2O. The number of benzene rings is 2. The van der Waals surface area contributed by atoms with E-state index in [1.807, 2.05) is 13.0 Å². The topological polar surface area (TPSA) is 55.1 Å². The van der Waals surface area contributed by atoms with Crippen molar-refractivity contribution in [1.82, 2.24) is 0 Å². The van der Waals surface area contributed by atoms with Crippen LogP contribution in [0.15, 0.2) is 36.4 Å². The highest BCUT2D eigenvalue weighted by atomic mass is 35.5. The molecule has 2 aromatic rings. The molecule has 0 atom stereocenters. The van der Waals surface area contributed by atoms with Crippen LogP contribution in [0.1, 0.15) is 15.9 Å².